The van der Waals surface area contributed by atoms with Crippen LogP contribution in [0.25, 0.3) is 0 Å². The molecule has 6 heteroatoms. The molecule has 0 aliphatic rings. The summed E-state index contributed by atoms with van der Waals surface area (Å²) in [5.41, 5.74) is 0.448. The number of carbonyl (C=O) groups excluding carboxylic acids is 1. The van der Waals surface area contributed by atoms with Crippen LogP contribution < -0.4 is 9.47 Å². The summed E-state index contributed by atoms with van der Waals surface area (Å²) < 4.78 is 35.0. The van der Waals surface area contributed by atoms with Gasteiger partial charge in [0.15, 0.2) is 0 Å². The first kappa shape index (κ1) is 15.4. The lowest BCUT2D eigenvalue weighted by molar-refractivity contribution is -0.0503. The van der Waals surface area contributed by atoms with Crippen molar-refractivity contribution in [3.05, 3.63) is 58.1 Å². The summed E-state index contributed by atoms with van der Waals surface area (Å²) in [5.74, 6) is -0.646. The third-order valence-corrected chi connectivity index (χ3v) is 3.10. The van der Waals surface area contributed by atoms with E-state index < -0.39 is 12.6 Å². The summed E-state index contributed by atoms with van der Waals surface area (Å²) in [6.07, 6.45) is 0. The molecule has 0 N–H and O–H groups in total. The molecule has 0 saturated heterocycles. The topological polar surface area (TPSA) is 35.5 Å². The first-order valence-corrected chi connectivity index (χ1v) is 6.79. The van der Waals surface area contributed by atoms with Gasteiger partial charge in [0.1, 0.15) is 17.1 Å². The molecule has 0 atom stereocenters. The fraction of sp³-hybridized carbons (Fsp3) is 0.133. The monoisotopic (exact) mass is 356 g/mol. The van der Waals surface area contributed by atoms with Gasteiger partial charge in [-0.3, -0.25) is 0 Å². The van der Waals surface area contributed by atoms with Crippen LogP contribution in [0.4, 0.5) is 8.78 Å². The van der Waals surface area contributed by atoms with Crippen LogP contribution >= 0.6 is 15.9 Å². The number of rotatable bonds is 4. The summed E-state index contributed by atoms with van der Waals surface area (Å²) in [5, 5.41) is 0. The van der Waals surface area contributed by atoms with Crippen LogP contribution in [0.2, 0.25) is 0 Å². The minimum Gasteiger partial charge on any atom is -0.434 e. The third kappa shape index (κ3) is 4.01. The molecule has 2 rings (SSSR count). The van der Waals surface area contributed by atoms with E-state index in [0.29, 0.717) is 15.8 Å². The van der Waals surface area contributed by atoms with Crippen LogP contribution in [-0.4, -0.2) is 12.6 Å². The average molecular weight is 357 g/mol. The number of benzene rings is 2. The number of carbonyl (C=O) groups is 1. The zero-order chi connectivity index (χ0) is 15.4. The Kier molecular flexibility index (Phi) is 4.90. The van der Waals surface area contributed by atoms with Gasteiger partial charge in [-0.05, 0) is 36.8 Å². The molecule has 110 valence electrons. The lowest BCUT2D eigenvalue weighted by atomic mass is 10.1. The zero-order valence-electron chi connectivity index (χ0n) is 11.0. The van der Waals surface area contributed by atoms with Gasteiger partial charge in [0.05, 0.1) is 0 Å². The maximum absolute atomic E-state index is 12.5. The van der Waals surface area contributed by atoms with Crippen molar-refractivity contribution >= 4 is 21.9 Å². The van der Waals surface area contributed by atoms with Gasteiger partial charge in [-0.15, -0.1) is 0 Å². The van der Waals surface area contributed by atoms with Crippen molar-refractivity contribution in [1.29, 1.82) is 0 Å². The van der Waals surface area contributed by atoms with Gasteiger partial charge in [-0.1, -0.05) is 34.1 Å². The molecular formula is C15H11BrF2O3. The van der Waals surface area contributed by atoms with Crippen molar-refractivity contribution < 1.29 is 23.0 Å². The van der Waals surface area contributed by atoms with Crippen LogP contribution in [-0.2, 0) is 0 Å². The Hall–Kier alpha value is -1.95. The predicted octanol–water partition coefficient (Wildman–Crippen LogP) is 4.58. The molecule has 0 aliphatic heterocycles. The summed E-state index contributed by atoms with van der Waals surface area (Å²) >= 11 is 3.18. The Labute approximate surface area is 128 Å². The van der Waals surface area contributed by atoms with Crippen molar-refractivity contribution in [3.63, 3.8) is 0 Å². The van der Waals surface area contributed by atoms with E-state index in [1.165, 1.54) is 6.07 Å². The Morgan fingerprint density at radius 3 is 2.48 bits per heavy atom. The highest BCUT2D eigenvalue weighted by Crippen LogP contribution is 2.30. The standard InChI is InChI=1S/C15H11BrF2O3/c1-9-7-10(16)8-12(21-15(17)18)13(9)14(19)20-11-5-3-2-4-6-11/h2-8,15H,1H3. The first-order chi connectivity index (χ1) is 9.97. The normalized spacial score (nSPS) is 10.5. The second kappa shape index (κ2) is 6.67. The quantitative estimate of drug-likeness (QED) is 0.594. The van der Waals surface area contributed by atoms with Crippen LogP contribution in [0.3, 0.4) is 0 Å². The number of halogens is 3. The molecular weight excluding hydrogens is 346 g/mol. The predicted molar refractivity (Wildman–Crippen MR) is 76.9 cm³/mol. The summed E-state index contributed by atoms with van der Waals surface area (Å²) in [6, 6.07) is 11.3. The maximum atomic E-state index is 12.5. The number of aryl methyl sites for hydroxylation is 1. The number of para-hydroxylation sites is 1. The largest absolute Gasteiger partial charge is 0.434 e. The van der Waals surface area contributed by atoms with Gasteiger partial charge in [-0.25, -0.2) is 4.79 Å². The second-order valence-corrected chi connectivity index (χ2v) is 5.09. The van der Waals surface area contributed by atoms with Crippen molar-refractivity contribution in [3.8, 4) is 11.5 Å². The number of hydrogen-bond donors (Lipinski definition) is 0. The van der Waals surface area contributed by atoms with E-state index in [1.54, 1.807) is 43.3 Å². The van der Waals surface area contributed by atoms with E-state index in [4.69, 9.17) is 4.74 Å². The first-order valence-electron chi connectivity index (χ1n) is 5.99. The SMILES string of the molecule is Cc1cc(Br)cc(OC(F)F)c1C(=O)Oc1ccccc1. The van der Waals surface area contributed by atoms with Gasteiger partial charge in [0.25, 0.3) is 0 Å². The maximum Gasteiger partial charge on any atom is 0.387 e. The van der Waals surface area contributed by atoms with Gasteiger partial charge in [0, 0.05) is 4.47 Å². The Balaban J connectivity index is 2.35. The molecule has 0 fully saturated rings. The average Bonchev–Trinajstić information content (AvgIpc) is 2.38. The van der Waals surface area contributed by atoms with Crippen molar-refractivity contribution in [2.75, 3.05) is 0 Å². The zero-order valence-corrected chi connectivity index (χ0v) is 12.6. The van der Waals surface area contributed by atoms with Crippen molar-refractivity contribution in [2.45, 2.75) is 13.5 Å². The number of hydrogen-bond acceptors (Lipinski definition) is 3. The molecule has 3 nitrogen and oxygen atoms in total. The van der Waals surface area contributed by atoms with E-state index in [0.717, 1.165) is 0 Å². The van der Waals surface area contributed by atoms with Crippen LogP contribution in [0, 0.1) is 6.92 Å². The second-order valence-electron chi connectivity index (χ2n) is 4.18. The summed E-state index contributed by atoms with van der Waals surface area (Å²) in [6.45, 7) is -1.41. The van der Waals surface area contributed by atoms with E-state index in [9.17, 15) is 13.6 Å². The van der Waals surface area contributed by atoms with Crippen molar-refractivity contribution in [2.24, 2.45) is 0 Å². The minimum atomic E-state index is -3.03. The number of alkyl halides is 2. The fourth-order valence-electron chi connectivity index (χ4n) is 1.81. The summed E-state index contributed by atoms with van der Waals surface area (Å²) in [4.78, 5) is 12.2. The fourth-order valence-corrected chi connectivity index (χ4v) is 2.36. The molecule has 0 bridgehead atoms. The Morgan fingerprint density at radius 1 is 1.19 bits per heavy atom. The van der Waals surface area contributed by atoms with Crippen LogP contribution in [0.15, 0.2) is 46.9 Å². The summed E-state index contributed by atoms with van der Waals surface area (Å²) in [7, 11) is 0. The number of esters is 1. The Morgan fingerprint density at radius 2 is 1.86 bits per heavy atom. The van der Waals surface area contributed by atoms with E-state index in [-0.39, 0.29) is 11.3 Å². The molecule has 0 spiro atoms. The molecule has 2 aromatic carbocycles. The molecule has 0 aliphatic carbocycles. The van der Waals surface area contributed by atoms with E-state index in [2.05, 4.69) is 20.7 Å². The lowest BCUT2D eigenvalue weighted by Crippen LogP contribution is -2.14. The van der Waals surface area contributed by atoms with E-state index >= 15 is 0 Å². The highest BCUT2D eigenvalue weighted by atomic mass is 79.9. The van der Waals surface area contributed by atoms with Crippen LogP contribution in [0.1, 0.15) is 15.9 Å². The molecule has 0 saturated carbocycles. The van der Waals surface area contributed by atoms with Gasteiger partial charge >= 0.3 is 12.6 Å². The molecule has 0 unspecified atom stereocenters. The molecule has 2 aromatic rings. The Bertz CT molecular complexity index is 645. The number of ether oxygens (including phenoxy) is 2. The lowest BCUT2D eigenvalue weighted by Gasteiger charge is -2.13. The molecule has 0 heterocycles. The minimum absolute atomic E-state index is 0.0256. The van der Waals surface area contributed by atoms with Crippen molar-refractivity contribution in [1.82, 2.24) is 0 Å². The van der Waals surface area contributed by atoms with E-state index in [1.807, 2.05) is 0 Å². The highest BCUT2D eigenvalue weighted by molar-refractivity contribution is 9.10. The van der Waals surface area contributed by atoms with Crippen LogP contribution in [0.5, 0.6) is 11.5 Å². The molecule has 0 radical (unpaired) electrons. The van der Waals surface area contributed by atoms with Gasteiger partial charge < -0.3 is 9.47 Å². The smallest absolute Gasteiger partial charge is 0.387 e. The van der Waals surface area contributed by atoms with Gasteiger partial charge in [-0.2, -0.15) is 8.78 Å². The molecule has 0 aromatic heterocycles. The highest BCUT2D eigenvalue weighted by Gasteiger charge is 2.21. The molecule has 21 heavy (non-hydrogen) atoms. The molecule has 0 amide bonds. The van der Waals surface area contributed by atoms with Gasteiger partial charge in [0.2, 0.25) is 0 Å². The third-order valence-electron chi connectivity index (χ3n) is 2.64.